The maximum Gasteiger partial charge on any atom is 0.182 e. The van der Waals surface area contributed by atoms with Crippen LogP contribution in [-0.4, -0.2) is 19.7 Å². The summed E-state index contributed by atoms with van der Waals surface area (Å²) in [4.78, 5) is 8.04. The second-order valence-electron chi connectivity index (χ2n) is 2.71. The molecule has 0 aliphatic heterocycles. The topological polar surface area (TPSA) is 69.6 Å². The molecule has 0 aromatic carbocycles. The molecule has 0 unspecified atom stereocenters. The first-order valence-corrected chi connectivity index (χ1v) is 3.83. The molecule has 2 heterocycles. The number of aromatic nitrogens is 4. The highest BCUT2D eigenvalue weighted by Gasteiger charge is 2.01. The van der Waals surface area contributed by atoms with Gasteiger partial charge in [-0.1, -0.05) is 0 Å². The lowest BCUT2D eigenvalue weighted by atomic mass is 10.3. The van der Waals surface area contributed by atoms with Crippen LogP contribution in [-0.2, 0) is 7.05 Å². The Morgan fingerprint density at radius 3 is 2.69 bits per heavy atom. The van der Waals surface area contributed by atoms with E-state index in [0.717, 1.165) is 5.56 Å². The Morgan fingerprint density at radius 1 is 1.31 bits per heavy atom. The van der Waals surface area contributed by atoms with Crippen LogP contribution in [0.1, 0.15) is 0 Å². The molecule has 2 aromatic rings. The number of pyridine rings is 1. The van der Waals surface area contributed by atoms with Gasteiger partial charge >= 0.3 is 0 Å². The van der Waals surface area contributed by atoms with E-state index in [0.29, 0.717) is 11.6 Å². The number of rotatable bonds is 1. The molecular weight excluding hydrogens is 166 g/mol. The predicted molar refractivity (Wildman–Crippen MR) is 48.6 cm³/mol. The quantitative estimate of drug-likeness (QED) is 0.683. The van der Waals surface area contributed by atoms with E-state index in [9.17, 15) is 0 Å². The number of nitrogens with two attached hydrogens (primary N) is 1. The van der Waals surface area contributed by atoms with E-state index in [1.54, 1.807) is 23.3 Å². The van der Waals surface area contributed by atoms with Crippen molar-refractivity contribution in [1.29, 1.82) is 0 Å². The molecule has 2 rings (SSSR count). The SMILES string of the molecule is Cn1cnc(-c2ccc(N)nc2)n1. The molecule has 0 amide bonds. The molecule has 2 N–H and O–H groups in total. The average molecular weight is 175 g/mol. The molecule has 0 saturated carbocycles. The fraction of sp³-hybridized carbons (Fsp3) is 0.125. The third-order valence-electron chi connectivity index (χ3n) is 1.64. The first-order valence-electron chi connectivity index (χ1n) is 3.83. The van der Waals surface area contributed by atoms with E-state index in [1.165, 1.54) is 0 Å². The van der Waals surface area contributed by atoms with Crippen molar-refractivity contribution in [3.63, 3.8) is 0 Å². The molecular formula is C8H9N5. The van der Waals surface area contributed by atoms with Gasteiger partial charge in [0.2, 0.25) is 0 Å². The van der Waals surface area contributed by atoms with Gasteiger partial charge in [0.05, 0.1) is 0 Å². The van der Waals surface area contributed by atoms with Crippen LogP contribution in [0.2, 0.25) is 0 Å². The number of nitrogen functional groups attached to an aromatic ring is 1. The predicted octanol–water partition coefficient (Wildman–Crippen LogP) is 0.459. The zero-order valence-corrected chi connectivity index (χ0v) is 7.18. The maximum absolute atomic E-state index is 5.45. The second-order valence-corrected chi connectivity index (χ2v) is 2.71. The van der Waals surface area contributed by atoms with Gasteiger partial charge in [-0.05, 0) is 12.1 Å². The van der Waals surface area contributed by atoms with Crippen LogP contribution in [0.15, 0.2) is 24.7 Å². The van der Waals surface area contributed by atoms with Crippen molar-refractivity contribution in [3.05, 3.63) is 24.7 Å². The molecule has 5 nitrogen and oxygen atoms in total. The molecule has 13 heavy (non-hydrogen) atoms. The van der Waals surface area contributed by atoms with Crippen molar-refractivity contribution in [1.82, 2.24) is 19.7 Å². The Hall–Kier alpha value is -1.91. The van der Waals surface area contributed by atoms with Crippen LogP contribution in [0.4, 0.5) is 5.82 Å². The van der Waals surface area contributed by atoms with Gasteiger partial charge in [-0.2, -0.15) is 5.10 Å². The smallest absolute Gasteiger partial charge is 0.182 e. The van der Waals surface area contributed by atoms with E-state index in [4.69, 9.17) is 5.73 Å². The van der Waals surface area contributed by atoms with Crippen molar-refractivity contribution in [3.8, 4) is 11.4 Å². The Morgan fingerprint density at radius 2 is 2.15 bits per heavy atom. The van der Waals surface area contributed by atoms with Gasteiger partial charge in [0, 0.05) is 18.8 Å². The maximum atomic E-state index is 5.45. The van der Waals surface area contributed by atoms with Crippen molar-refractivity contribution >= 4 is 5.82 Å². The van der Waals surface area contributed by atoms with Gasteiger partial charge in [-0.3, -0.25) is 4.68 Å². The van der Waals surface area contributed by atoms with E-state index in [-0.39, 0.29) is 0 Å². The highest BCUT2D eigenvalue weighted by atomic mass is 15.3. The van der Waals surface area contributed by atoms with Crippen molar-refractivity contribution in [2.75, 3.05) is 5.73 Å². The minimum Gasteiger partial charge on any atom is -0.384 e. The Kier molecular flexibility index (Phi) is 1.70. The lowest BCUT2D eigenvalue weighted by Gasteiger charge is -1.94. The molecule has 0 saturated heterocycles. The first-order chi connectivity index (χ1) is 6.25. The van der Waals surface area contributed by atoms with Crippen molar-refractivity contribution in [2.45, 2.75) is 0 Å². The van der Waals surface area contributed by atoms with Crippen LogP contribution in [0.3, 0.4) is 0 Å². The molecule has 0 aliphatic rings. The fourth-order valence-electron chi connectivity index (χ4n) is 1.01. The molecule has 0 aliphatic carbocycles. The Bertz CT molecular complexity index is 403. The van der Waals surface area contributed by atoms with Gasteiger partial charge in [-0.15, -0.1) is 0 Å². The molecule has 2 aromatic heterocycles. The minimum absolute atomic E-state index is 0.500. The largest absolute Gasteiger partial charge is 0.384 e. The third kappa shape index (κ3) is 1.48. The molecule has 0 spiro atoms. The van der Waals surface area contributed by atoms with E-state index < -0.39 is 0 Å². The Labute approximate surface area is 75.2 Å². The zero-order valence-electron chi connectivity index (χ0n) is 7.18. The fourth-order valence-corrected chi connectivity index (χ4v) is 1.01. The number of hydrogen-bond acceptors (Lipinski definition) is 4. The van der Waals surface area contributed by atoms with Crippen LogP contribution in [0, 0.1) is 0 Å². The van der Waals surface area contributed by atoms with Crippen molar-refractivity contribution < 1.29 is 0 Å². The number of hydrogen-bond donors (Lipinski definition) is 1. The van der Waals surface area contributed by atoms with Gasteiger partial charge in [0.25, 0.3) is 0 Å². The van der Waals surface area contributed by atoms with Gasteiger partial charge < -0.3 is 5.73 Å². The molecule has 5 heteroatoms. The monoisotopic (exact) mass is 175 g/mol. The normalized spacial score (nSPS) is 10.2. The molecule has 0 atom stereocenters. The van der Waals surface area contributed by atoms with E-state index in [1.807, 2.05) is 13.1 Å². The number of aryl methyl sites for hydroxylation is 1. The number of nitrogens with zero attached hydrogens (tertiary/aromatic N) is 4. The lowest BCUT2D eigenvalue weighted by Crippen LogP contribution is -1.91. The summed E-state index contributed by atoms with van der Waals surface area (Å²) in [6.07, 6.45) is 3.30. The highest BCUT2D eigenvalue weighted by molar-refractivity contribution is 5.54. The summed E-state index contributed by atoms with van der Waals surface area (Å²) < 4.78 is 1.64. The van der Waals surface area contributed by atoms with E-state index >= 15 is 0 Å². The lowest BCUT2D eigenvalue weighted by molar-refractivity contribution is 0.768. The summed E-state index contributed by atoms with van der Waals surface area (Å²) in [6, 6.07) is 3.57. The summed E-state index contributed by atoms with van der Waals surface area (Å²) >= 11 is 0. The molecule has 0 fully saturated rings. The van der Waals surface area contributed by atoms with Crippen LogP contribution in [0.25, 0.3) is 11.4 Å². The van der Waals surface area contributed by atoms with Crippen molar-refractivity contribution in [2.24, 2.45) is 7.05 Å². The van der Waals surface area contributed by atoms with E-state index in [2.05, 4.69) is 15.1 Å². The molecule has 0 radical (unpaired) electrons. The highest BCUT2D eigenvalue weighted by Crippen LogP contribution is 2.12. The molecule has 66 valence electrons. The van der Waals surface area contributed by atoms with Gasteiger partial charge in [0.1, 0.15) is 12.1 Å². The van der Waals surface area contributed by atoms with Crippen LogP contribution >= 0.6 is 0 Å². The summed E-state index contributed by atoms with van der Waals surface area (Å²) in [7, 11) is 1.82. The number of anilines is 1. The summed E-state index contributed by atoms with van der Waals surface area (Å²) in [5.41, 5.74) is 6.32. The first kappa shape index (κ1) is 7.72. The van der Waals surface area contributed by atoms with Crippen LogP contribution < -0.4 is 5.73 Å². The van der Waals surface area contributed by atoms with Gasteiger partial charge in [-0.25, -0.2) is 9.97 Å². The standard InChI is InChI=1S/C8H9N5/c1-13-5-11-8(12-13)6-2-3-7(9)10-4-6/h2-5H,1H3,(H2,9,10). The minimum atomic E-state index is 0.500. The zero-order chi connectivity index (χ0) is 9.26. The third-order valence-corrected chi connectivity index (χ3v) is 1.64. The Balaban J connectivity index is 2.41. The second kappa shape index (κ2) is 2.85. The average Bonchev–Trinajstić information content (AvgIpc) is 2.53. The molecule has 0 bridgehead atoms. The summed E-state index contributed by atoms with van der Waals surface area (Å²) in [5, 5.41) is 4.14. The van der Waals surface area contributed by atoms with Gasteiger partial charge in [0.15, 0.2) is 5.82 Å². The summed E-state index contributed by atoms with van der Waals surface area (Å²) in [6.45, 7) is 0. The van der Waals surface area contributed by atoms with Crippen LogP contribution in [0.5, 0.6) is 0 Å². The summed E-state index contributed by atoms with van der Waals surface area (Å²) in [5.74, 6) is 1.16.